The molecule has 0 spiro atoms. The fraction of sp³-hybridized carbons (Fsp3) is 0.0769. The van der Waals surface area contributed by atoms with Crippen molar-refractivity contribution < 1.29 is 4.42 Å². The average molecular weight is 371 g/mol. The molecule has 7 heteroatoms. The Labute approximate surface area is 132 Å². The Hall–Kier alpha value is -1.37. The first kappa shape index (κ1) is 13.6. The molecule has 0 atom stereocenters. The first-order valence-electron chi connectivity index (χ1n) is 5.76. The third-order valence-corrected chi connectivity index (χ3v) is 5.13. The number of halogens is 2. The Morgan fingerprint density at radius 1 is 1.30 bits per heavy atom. The van der Waals surface area contributed by atoms with Gasteiger partial charge in [-0.25, -0.2) is 0 Å². The molecule has 0 aliphatic rings. The van der Waals surface area contributed by atoms with Crippen molar-refractivity contribution in [1.82, 2.24) is 10.2 Å². The molecule has 0 saturated carbocycles. The van der Waals surface area contributed by atoms with Crippen molar-refractivity contribution in [3.63, 3.8) is 0 Å². The number of rotatable bonds is 4. The molecule has 0 aliphatic carbocycles. The van der Waals surface area contributed by atoms with Gasteiger partial charge < -0.3 is 9.73 Å². The van der Waals surface area contributed by atoms with Crippen LogP contribution < -0.4 is 5.32 Å². The SMILES string of the molecule is Clc1sc(CNc2ccc(-c3nnco3)cc2)cc1Br. The number of nitrogens with zero attached hydrogens (tertiary/aromatic N) is 2. The predicted molar refractivity (Wildman–Crippen MR) is 84.1 cm³/mol. The van der Waals surface area contributed by atoms with E-state index in [9.17, 15) is 0 Å². The second kappa shape index (κ2) is 5.95. The van der Waals surface area contributed by atoms with Gasteiger partial charge in [0, 0.05) is 27.1 Å². The molecular formula is C13H9BrClN3OS. The predicted octanol–water partition coefficient (Wildman–Crippen LogP) is 4.83. The zero-order chi connectivity index (χ0) is 13.9. The van der Waals surface area contributed by atoms with Crippen LogP contribution in [0.3, 0.4) is 0 Å². The number of thiophene rings is 1. The molecule has 1 aromatic carbocycles. The summed E-state index contributed by atoms with van der Waals surface area (Å²) in [5.41, 5.74) is 1.92. The van der Waals surface area contributed by atoms with Gasteiger partial charge in [-0.1, -0.05) is 11.6 Å². The minimum absolute atomic E-state index is 0.519. The minimum Gasteiger partial charge on any atom is -0.423 e. The van der Waals surface area contributed by atoms with Crippen molar-refractivity contribution in [1.29, 1.82) is 0 Å². The van der Waals surface area contributed by atoms with Gasteiger partial charge in [0.05, 0.1) is 0 Å². The van der Waals surface area contributed by atoms with E-state index in [1.165, 1.54) is 11.3 Å². The maximum absolute atomic E-state index is 6.01. The Morgan fingerprint density at radius 3 is 2.70 bits per heavy atom. The van der Waals surface area contributed by atoms with Gasteiger partial charge in [0.25, 0.3) is 0 Å². The fourth-order valence-corrected chi connectivity index (χ4v) is 3.43. The van der Waals surface area contributed by atoms with E-state index in [-0.39, 0.29) is 0 Å². The second-order valence-corrected chi connectivity index (χ2v) is 6.60. The summed E-state index contributed by atoms with van der Waals surface area (Å²) in [6, 6.07) is 9.85. The van der Waals surface area contributed by atoms with E-state index < -0.39 is 0 Å². The first-order chi connectivity index (χ1) is 9.72. The molecule has 0 amide bonds. The van der Waals surface area contributed by atoms with Crippen LogP contribution in [-0.4, -0.2) is 10.2 Å². The van der Waals surface area contributed by atoms with E-state index in [1.54, 1.807) is 11.3 Å². The van der Waals surface area contributed by atoms with E-state index in [0.717, 1.165) is 26.6 Å². The van der Waals surface area contributed by atoms with Crippen LogP contribution in [0.2, 0.25) is 4.34 Å². The van der Waals surface area contributed by atoms with Crippen LogP contribution in [0.1, 0.15) is 4.88 Å². The monoisotopic (exact) mass is 369 g/mol. The number of aromatic nitrogens is 2. The lowest BCUT2D eigenvalue weighted by Crippen LogP contribution is -1.96. The number of anilines is 1. The second-order valence-electron chi connectivity index (χ2n) is 4.01. The molecule has 2 aromatic heterocycles. The molecule has 20 heavy (non-hydrogen) atoms. The molecule has 0 radical (unpaired) electrons. The number of benzene rings is 1. The third kappa shape index (κ3) is 3.03. The highest BCUT2D eigenvalue weighted by Gasteiger charge is 2.05. The van der Waals surface area contributed by atoms with Gasteiger partial charge in [-0.15, -0.1) is 21.5 Å². The van der Waals surface area contributed by atoms with Crippen molar-refractivity contribution in [2.75, 3.05) is 5.32 Å². The van der Waals surface area contributed by atoms with Gasteiger partial charge in [-0.05, 0) is 46.3 Å². The topological polar surface area (TPSA) is 51.0 Å². The van der Waals surface area contributed by atoms with Crippen molar-refractivity contribution in [2.24, 2.45) is 0 Å². The van der Waals surface area contributed by atoms with Crippen LogP contribution in [0.4, 0.5) is 5.69 Å². The first-order valence-corrected chi connectivity index (χ1v) is 7.75. The molecule has 3 rings (SSSR count). The molecule has 2 heterocycles. The lowest BCUT2D eigenvalue weighted by molar-refractivity contribution is 0.568. The molecule has 3 aromatic rings. The number of hydrogen-bond donors (Lipinski definition) is 1. The summed E-state index contributed by atoms with van der Waals surface area (Å²) in [5, 5.41) is 10.9. The zero-order valence-electron chi connectivity index (χ0n) is 10.1. The summed E-state index contributed by atoms with van der Waals surface area (Å²) in [5.74, 6) is 0.519. The van der Waals surface area contributed by atoms with Crippen LogP contribution >= 0.6 is 38.9 Å². The van der Waals surface area contributed by atoms with Crippen LogP contribution in [0.25, 0.3) is 11.5 Å². The van der Waals surface area contributed by atoms with E-state index in [2.05, 4.69) is 31.4 Å². The zero-order valence-corrected chi connectivity index (χ0v) is 13.3. The molecule has 0 bridgehead atoms. The van der Waals surface area contributed by atoms with Crippen molar-refractivity contribution in [3.05, 3.63) is 50.4 Å². The van der Waals surface area contributed by atoms with Crippen LogP contribution in [0.15, 0.2) is 45.6 Å². The number of nitrogens with one attached hydrogen (secondary N) is 1. The van der Waals surface area contributed by atoms with E-state index in [4.69, 9.17) is 16.0 Å². The third-order valence-electron chi connectivity index (χ3n) is 2.65. The molecular weight excluding hydrogens is 362 g/mol. The van der Waals surface area contributed by atoms with E-state index in [0.29, 0.717) is 5.89 Å². The van der Waals surface area contributed by atoms with Crippen molar-refractivity contribution in [2.45, 2.75) is 6.54 Å². The van der Waals surface area contributed by atoms with Gasteiger partial charge in [-0.3, -0.25) is 0 Å². The molecule has 1 N–H and O–H groups in total. The normalized spacial score (nSPS) is 10.7. The lowest BCUT2D eigenvalue weighted by Gasteiger charge is -2.04. The fourth-order valence-electron chi connectivity index (χ4n) is 1.70. The average Bonchev–Trinajstić information content (AvgIpc) is 3.08. The van der Waals surface area contributed by atoms with E-state index >= 15 is 0 Å². The standard InChI is InChI=1S/C13H9BrClN3OS/c14-11-5-10(20-12(11)15)6-16-9-3-1-8(2-4-9)13-18-17-7-19-13/h1-5,7,16H,6H2. The summed E-state index contributed by atoms with van der Waals surface area (Å²) in [6.45, 7) is 0.732. The van der Waals surface area contributed by atoms with Gasteiger partial charge in [0.1, 0.15) is 4.34 Å². The maximum Gasteiger partial charge on any atom is 0.247 e. The number of hydrogen-bond acceptors (Lipinski definition) is 5. The minimum atomic E-state index is 0.519. The van der Waals surface area contributed by atoms with Crippen LogP contribution in [0.5, 0.6) is 0 Å². The van der Waals surface area contributed by atoms with Gasteiger partial charge in [0.15, 0.2) is 0 Å². The Morgan fingerprint density at radius 2 is 2.10 bits per heavy atom. The Bertz CT molecular complexity index is 677. The smallest absolute Gasteiger partial charge is 0.247 e. The quantitative estimate of drug-likeness (QED) is 0.715. The van der Waals surface area contributed by atoms with Gasteiger partial charge in [-0.2, -0.15) is 0 Å². The summed E-state index contributed by atoms with van der Waals surface area (Å²) in [4.78, 5) is 1.17. The Balaban J connectivity index is 1.66. The summed E-state index contributed by atoms with van der Waals surface area (Å²) in [7, 11) is 0. The maximum atomic E-state index is 6.01. The van der Waals surface area contributed by atoms with Crippen molar-refractivity contribution >= 4 is 44.6 Å². The van der Waals surface area contributed by atoms with Crippen LogP contribution in [0, 0.1) is 0 Å². The highest BCUT2D eigenvalue weighted by Crippen LogP contribution is 2.32. The Kier molecular flexibility index (Phi) is 4.05. The van der Waals surface area contributed by atoms with E-state index in [1.807, 2.05) is 30.3 Å². The highest BCUT2D eigenvalue weighted by atomic mass is 79.9. The molecule has 0 aliphatic heterocycles. The largest absolute Gasteiger partial charge is 0.423 e. The molecule has 0 fully saturated rings. The van der Waals surface area contributed by atoms with Crippen LogP contribution in [-0.2, 0) is 6.54 Å². The lowest BCUT2D eigenvalue weighted by atomic mass is 10.2. The molecule has 0 saturated heterocycles. The molecule has 102 valence electrons. The van der Waals surface area contributed by atoms with Gasteiger partial charge in [0.2, 0.25) is 12.3 Å². The molecule has 4 nitrogen and oxygen atoms in total. The van der Waals surface area contributed by atoms with Gasteiger partial charge >= 0.3 is 0 Å². The summed E-state index contributed by atoms with van der Waals surface area (Å²) in [6.07, 6.45) is 1.32. The summed E-state index contributed by atoms with van der Waals surface area (Å²) >= 11 is 11.0. The molecule has 0 unspecified atom stereocenters. The van der Waals surface area contributed by atoms with Crippen molar-refractivity contribution in [3.8, 4) is 11.5 Å². The summed E-state index contributed by atoms with van der Waals surface area (Å²) < 4.78 is 6.85. The highest BCUT2D eigenvalue weighted by molar-refractivity contribution is 9.10.